The molecule has 1 aromatic carbocycles. The number of likely N-dealkylation sites (N-methyl/N-ethyl adjacent to an activating group) is 1. The van der Waals surface area contributed by atoms with Gasteiger partial charge in [-0.1, -0.05) is 18.5 Å². The van der Waals surface area contributed by atoms with Crippen LogP contribution in [0.2, 0.25) is 5.02 Å². The lowest BCUT2D eigenvalue weighted by atomic mass is 10.3. The van der Waals surface area contributed by atoms with Crippen molar-refractivity contribution >= 4 is 34.0 Å². The molecule has 0 fully saturated rings. The van der Waals surface area contributed by atoms with Gasteiger partial charge in [-0.05, 0) is 31.7 Å². The summed E-state index contributed by atoms with van der Waals surface area (Å²) in [4.78, 5) is -0.116. The third kappa shape index (κ3) is 5.62. The first kappa shape index (κ1) is 18.6. The van der Waals surface area contributed by atoms with E-state index >= 15 is 0 Å². The fourth-order valence-electron chi connectivity index (χ4n) is 1.43. The van der Waals surface area contributed by atoms with Gasteiger partial charge in [0.25, 0.3) is 0 Å². The van der Waals surface area contributed by atoms with Crippen molar-refractivity contribution in [2.75, 3.05) is 13.1 Å². The molecule has 0 bridgehead atoms. The fraction of sp³-hybridized carbons (Fsp3) is 0.455. The molecule has 4 nitrogen and oxygen atoms in total. The summed E-state index contributed by atoms with van der Waals surface area (Å²) < 4.78 is 39.1. The largest absolute Gasteiger partial charge is 0.313 e. The highest BCUT2D eigenvalue weighted by Gasteiger charge is 2.18. The van der Waals surface area contributed by atoms with Gasteiger partial charge in [0, 0.05) is 12.6 Å². The van der Waals surface area contributed by atoms with Gasteiger partial charge in [-0.2, -0.15) is 0 Å². The van der Waals surface area contributed by atoms with Crippen LogP contribution in [-0.4, -0.2) is 27.5 Å². The van der Waals surface area contributed by atoms with E-state index in [1.807, 2.05) is 13.8 Å². The zero-order valence-corrected chi connectivity index (χ0v) is 13.0. The molecule has 110 valence electrons. The highest BCUT2D eigenvalue weighted by molar-refractivity contribution is 7.89. The van der Waals surface area contributed by atoms with E-state index in [2.05, 4.69) is 10.0 Å². The van der Waals surface area contributed by atoms with Crippen molar-refractivity contribution in [1.29, 1.82) is 0 Å². The molecule has 0 aliphatic heterocycles. The van der Waals surface area contributed by atoms with Crippen molar-refractivity contribution < 1.29 is 12.8 Å². The maximum absolute atomic E-state index is 12.8. The van der Waals surface area contributed by atoms with Crippen molar-refractivity contribution in [3.05, 3.63) is 29.0 Å². The first-order chi connectivity index (χ1) is 8.36. The van der Waals surface area contributed by atoms with Crippen LogP contribution in [-0.2, 0) is 10.0 Å². The summed E-state index contributed by atoms with van der Waals surface area (Å²) in [5, 5.41) is 2.95. The van der Waals surface area contributed by atoms with Gasteiger partial charge in [0.15, 0.2) is 0 Å². The molecule has 0 aliphatic carbocycles. The highest BCUT2D eigenvalue weighted by atomic mass is 35.5. The van der Waals surface area contributed by atoms with Crippen molar-refractivity contribution in [3.8, 4) is 0 Å². The van der Waals surface area contributed by atoms with Crippen molar-refractivity contribution in [2.24, 2.45) is 0 Å². The molecule has 2 N–H and O–H groups in total. The number of hydrogen-bond acceptors (Lipinski definition) is 3. The molecule has 1 aromatic rings. The molecule has 0 radical (unpaired) electrons. The Morgan fingerprint density at radius 1 is 1.42 bits per heavy atom. The Balaban J connectivity index is 0.00000324. The Bertz CT molecular complexity index is 511. The molecule has 0 saturated carbocycles. The Morgan fingerprint density at radius 3 is 2.58 bits per heavy atom. The van der Waals surface area contributed by atoms with E-state index in [0.717, 1.165) is 24.7 Å². The minimum atomic E-state index is -3.71. The normalized spacial score (nSPS) is 12.8. The smallest absolute Gasteiger partial charge is 0.242 e. The summed E-state index contributed by atoms with van der Waals surface area (Å²) >= 11 is 5.72. The second-order valence-electron chi connectivity index (χ2n) is 3.89. The third-order valence-corrected chi connectivity index (χ3v) is 4.22. The van der Waals surface area contributed by atoms with Crippen LogP contribution in [0.15, 0.2) is 23.1 Å². The molecule has 0 saturated heterocycles. The summed E-state index contributed by atoms with van der Waals surface area (Å²) in [7, 11) is -3.71. The van der Waals surface area contributed by atoms with Crippen LogP contribution < -0.4 is 10.0 Å². The van der Waals surface area contributed by atoms with E-state index in [-0.39, 0.29) is 34.9 Å². The van der Waals surface area contributed by atoms with Crippen LogP contribution in [0, 0.1) is 5.82 Å². The molecule has 0 spiro atoms. The van der Waals surface area contributed by atoms with Gasteiger partial charge < -0.3 is 5.32 Å². The Morgan fingerprint density at radius 2 is 2.05 bits per heavy atom. The number of benzene rings is 1. The summed E-state index contributed by atoms with van der Waals surface area (Å²) in [5.41, 5.74) is 0. The Kier molecular flexibility index (Phi) is 7.85. The summed E-state index contributed by atoms with van der Waals surface area (Å²) in [6.45, 7) is 4.78. The quantitative estimate of drug-likeness (QED) is 0.840. The maximum Gasteiger partial charge on any atom is 0.242 e. The van der Waals surface area contributed by atoms with E-state index in [1.54, 1.807) is 0 Å². The molecule has 19 heavy (non-hydrogen) atoms. The Hall–Kier alpha value is -0.400. The van der Waals surface area contributed by atoms with Crippen LogP contribution >= 0.6 is 24.0 Å². The summed E-state index contributed by atoms with van der Waals surface area (Å²) in [6, 6.07) is 3.19. The molecule has 0 amide bonds. The molecular formula is C11H17Cl2FN2O2S. The number of nitrogens with one attached hydrogen (secondary N) is 2. The first-order valence-electron chi connectivity index (χ1n) is 5.55. The fourth-order valence-corrected chi connectivity index (χ4v) is 3.09. The zero-order chi connectivity index (χ0) is 13.8. The lowest BCUT2D eigenvalue weighted by Crippen LogP contribution is -2.38. The lowest BCUT2D eigenvalue weighted by molar-refractivity contribution is 0.536. The number of rotatable bonds is 6. The van der Waals surface area contributed by atoms with Crippen LogP contribution in [0.4, 0.5) is 4.39 Å². The Labute approximate surface area is 124 Å². The SMILES string of the molecule is CCN[C@H](C)CNS(=O)(=O)c1ccc(F)cc1Cl.Cl. The molecule has 1 atom stereocenters. The van der Waals surface area contributed by atoms with Crippen LogP contribution in [0.25, 0.3) is 0 Å². The number of sulfonamides is 1. The van der Waals surface area contributed by atoms with Gasteiger partial charge in [-0.25, -0.2) is 17.5 Å². The first-order valence-corrected chi connectivity index (χ1v) is 7.41. The summed E-state index contributed by atoms with van der Waals surface area (Å²) in [5.74, 6) is -0.569. The predicted octanol–water partition coefficient (Wildman–Crippen LogP) is 2.18. The highest BCUT2D eigenvalue weighted by Crippen LogP contribution is 2.21. The summed E-state index contributed by atoms with van der Waals surface area (Å²) in [6.07, 6.45) is 0. The molecule has 0 heterocycles. The second kappa shape index (κ2) is 8.01. The van der Waals surface area contributed by atoms with Crippen molar-refractivity contribution in [1.82, 2.24) is 10.0 Å². The minimum absolute atomic E-state index is 0. The molecule has 0 unspecified atom stereocenters. The van der Waals surface area contributed by atoms with Crippen molar-refractivity contribution in [2.45, 2.75) is 24.8 Å². The van der Waals surface area contributed by atoms with Gasteiger partial charge in [-0.3, -0.25) is 0 Å². The van der Waals surface area contributed by atoms with Crippen LogP contribution in [0.5, 0.6) is 0 Å². The van der Waals surface area contributed by atoms with Gasteiger partial charge >= 0.3 is 0 Å². The van der Waals surface area contributed by atoms with E-state index in [1.165, 1.54) is 0 Å². The van der Waals surface area contributed by atoms with E-state index < -0.39 is 15.8 Å². The minimum Gasteiger partial charge on any atom is -0.313 e. The maximum atomic E-state index is 12.8. The molecule has 8 heteroatoms. The van der Waals surface area contributed by atoms with Crippen LogP contribution in [0.1, 0.15) is 13.8 Å². The van der Waals surface area contributed by atoms with E-state index in [9.17, 15) is 12.8 Å². The van der Waals surface area contributed by atoms with Crippen molar-refractivity contribution in [3.63, 3.8) is 0 Å². The standard InChI is InChI=1S/C11H16ClFN2O2S.ClH/c1-3-14-8(2)7-15-18(16,17)11-5-4-9(13)6-10(11)12;/h4-6,8,14-15H,3,7H2,1-2H3;1H/t8-;/m1./s1. The van der Waals surface area contributed by atoms with Gasteiger partial charge in [0.05, 0.1) is 5.02 Å². The third-order valence-electron chi connectivity index (χ3n) is 2.32. The predicted molar refractivity (Wildman–Crippen MR) is 77.0 cm³/mol. The van der Waals surface area contributed by atoms with Crippen LogP contribution in [0.3, 0.4) is 0 Å². The molecule has 0 aromatic heterocycles. The second-order valence-corrected chi connectivity index (χ2v) is 6.03. The molecule has 1 rings (SSSR count). The van der Waals surface area contributed by atoms with E-state index in [0.29, 0.717) is 0 Å². The lowest BCUT2D eigenvalue weighted by Gasteiger charge is -2.14. The van der Waals surface area contributed by atoms with Gasteiger partial charge in [0.1, 0.15) is 10.7 Å². The van der Waals surface area contributed by atoms with E-state index in [4.69, 9.17) is 11.6 Å². The van der Waals surface area contributed by atoms with Gasteiger partial charge in [-0.15, -0.1) is 12.4 Å². The molecule has 0 aliphatic rings. The zero-order valence-electron chi connectivity index (χ0n) is 10.6. The number of hydrogen-bond donors (Lipinski definition) is 2. The van der Waals surface area contributed by atoms with Gasteiger partial charge in [0.2, 0.25) is 10.0 Å². The molecular weight excluding hydrogens is 314 g/mol. The average molecular weight is 331 g/mol. The topological polar surface area (TPSA) is 58.2 Å². The number of halogens is 3. The average Bonchev–Trinajstić information content (AvgIpc) is 2.26. The monoisotopic (exact) mass is 330 g/mol.